The fourth-order valence-corrected chi connectivity index (χ4v) is 3.21. The molecule has 0 aliphatic carbocycles. The van der Waals surface area contributed by atoms with Gasteiger partial charge in [0, 0.05) is 13.1 Å². The third-order valence-corrected chi connectivity index (χ3v) is 4.70. The van der Waals surface area contributed by atoms with Crippen molar-refractivity contribution in [3.8, 4) is 5.75 Å². The number of hydrogen-bond acceptors (Lipinski definition) is 5. The highest BCUT2D eigenvalue weighted by Gasteiger charge is 2.34. The van der Waals surface area contributed by atoms with Crippen LogP contribution in [-0.2, 0) is 14.3 Å². The molecule has 1 aromatic carbocycles. The van der Waals surface area contributed by atoms with Crippen LogP contribution in [-0.4, -0.2) is 52.6 Å². The summed E-state index contributed by atoms with van der Waals surface area (Å²) in [5.41, 5.74) is -0.106. The number of amides is 3. The van der Waals surface area contributed by atoms with Crippen LogP contribution in [0, 0.1) is 0 Å². The van der Waals surface area contributed by atoms with Gasteiger partial charge in [0.2, 0.25) is 11.8 Å². The van der Waals surface area contributed by atoms with Gasteiger partial charge in [-0.25, -0.2) is 4.79 Å². The Balaban J connectivity index is 3.13. The molecule has 0 saturated heterocycles. The van der Waals surface area contributed by atoms with Gasteiger partial charge in [0.15, 0.2) is 0 Å². The minimum absolute atomic E-state index is 0.0733. The van der Waals surface area contributed by atoms with Crippen LogP contribution in [0.2, 0.25) is 0 Å². The molecule has 180 valence electrons. The van der Waals surface area contributed by atoms with Gasteiger partial charge in [-0.05, 0) is 58.2 Å². The average Bonchev–Trinajstić information content (AvgIpc) is 2.70. The Hall–Kier alpha value is -2.77. The number of nitrogens with one attached hydrogen (secondary N) is 2. The second-order valence-corrected chi connectivity index (χ2v) is 8.89. The molecular weight excluding hydrogens is 410 g/mol. The zero-order valence-electron chi connectivity index (χ0n) is 20.2. The van der Waals surface area contributed by atoms with Crippen molar-refractivity contribution in [2.45, 2.75) is 84.9 Å². The molecule has 2 atom stereocenters. The van der Waals surface area contributed by atoms with Gasteiger partial charge in [0.05, 0.1) is 0 Å². The molecule has 1 aromatic rings. The zero-order chi connectivity index (χ0) is 24.3. The molecule has 0 saturated carbocycles. The molecule has 0 radical (unpaired) electrons. The fraction of sp³-hybridized carbons (Fsp3) is 0.625. The molecule has 0 bridgehead atoms. The van der Waals surface area contributed by atoms with Crippen LogP contribution in [0.3, 0.4) is 0 Å². The third kappa shape index (κ3) is 9.16. The summed E-state index contributed by atoms with van der Waals surface area (Å²) in [6.07, 6.45) is 2.82. The number of benzene rings is 1. The molecule has 8 nitrogen and oxygen atoms in total. The SMILES string of the molecule is CCCCCNC(=O)C(c1ccc(O)cc1)N(CCC)C(=O)C(C)NC(=O)OC(C)(C)C. The molecule has 0 aliphatic rings. The van der Waals surface area contributed by atoms with E-state index in [2.05, 4.69) is 17.6 Å². The predicted molar refractivity (Wildman–Crippen MR) is 124 cm³/mol. The maximum absolute atomic E-state index is 13.3. The lowest BCUT2D eigenvalue weighted by Gasteiger charge is -2.33. The number of nitrogens with zero attached hydrogens (tertiary/aromatic N) is 1. The minimum atomic E-state index is -0.885. The van der Waals surface area contributed by atoms with Crippen LogP contribution in [0.1, 0.15) is 78.8 Å². The highest BCUT2D eigenvalue weighted by Crippen LogP contribution is 2.25. The first-order chi connectivity index (χ1) is 15.0. The lowest BCUT2D eigenvalue weighted by atomic mass is 10.0. The predicted octanol–water partition coefficient (Wildman–Crippen LogP) is 3.89. The molecule has 8 heteroatoms. The largest absolute Gasteiger partial charge is 0.508 e. The van der Waals surface area contributed by atoms with Crippen molar-refractivity contribution in [2.24, 2.45) is 0 Å². The van der Waals surface area contributed by atoms with E-state index in [1.54, 1.807) is 39.8 Å². The van der Waals surface area contributed by atoms with Crippen molar-refractivity contribution in [3.05, 3.63) is 29.8 Å². The Morgan fingerprint density at radius 3 is 2.22 bits per heavy atom. The van der Waals surface area contributed by atoms with Crippen LogP contribution < -0.4 is 10.6 Å². The van der Waals surface area contributed by atoms with Gasteiger partial charge in [-0.15, -0.1) is 0 Å². The number of rotatable bonds is 11. The maximum atomic E-state index is 13.3. The fourth-order valence-electron chi connectivity index (χ4n) is 3.21. The van der Waals surface area contributed by atoms with Crippen molar-refractivity contribution < 1.29 is 24.2 Å². The Morgan fingerprint density at radius 1 is 1.06 bits per heavy atom. The maximum Gasteiger partial charge on any atom is 0.408 e. The van der Waals surface area contributed by atoms with Gasteiger partial charge < -0.3 is 25.4 Å². The van der Waals surface area contributed by atoms with E-state index in [0.29, 0.717) is 25.1 Å². The first kappa shape index (κ1) is 27.3. The lowest BCUT2D eigenvalue weighted by Crippen LogP contribution is -2.52. The molecular formula is C24H39N3O5. The van der Waals surface area contributed by atoms with Gasteiger partial charge >= 0.3 is 6.09 Å². The molecule has 32 heavy (non-hydrogen) atoms. The molecule has 0 fully saturated rings. The van der Waals surface area contributed by atoms with E-state index in [1.807, 2.05) is 6.92 Å². The van der Waals surface area contributed by atoms with E-state index < -0.39 is 23.8 Å². The summed E-state index contributed by atoms with van der Waals surface area (Å²) in [5, 5.41) is 15.2. The Kier molecular flexibility index (Phi) is 11.0. The van der Waals surface area contributed by atoms with Crippen LogP contribution in [0.15, 0.2) is 24.3 Å². The van der Waals surface area contributed by atoms with Crippen molar-refractivity contribution in [1.82, 2.24) is 15.5 Å². The second kappa shape index (κ2) is 12.9. The van der Waals surface area contributed by atoms with Crippen molar-refractivity contribution in [1.29, 1.82) is 0 Å². The molecule has 3 N–H and O–H groups in total. The molecule has 0 aromatic heterocycles. The summed E-state index contributed by atoms with van der Waals surface area (Å²) in [6.45, 7) is 11.6. The molecule has 2 unspecified atom stereocenters. The number of alkyl carbamates (subject to hydrolysis) is 1. The number of ether oxygens (including phenoxy) is 1. The number of phenols is 1. The monoisotopic (exact) mass is 449 g/mol. The summed E-state index contributed by atoms with van der Waals surface area (Å²) >= 11 is 0. The van der Waals surface area contributed by atoms with E-state index in [0.717, 1.165) is 19.3 Å². The summed E-state index contributed by atoms with van der Waals surface area (Å²) in [5.74, 6) is -0.610. The smallest absolute Gasteiger partial charge is 0.408 e. The van der Waals surface area contributed by atoms with Gasteiger partial charge in [-0.3, -0.25) is 9.59 Å². The van der Waals surface area contributed by atoms with E-state index in [4.69, 9.17) is 4.74 Å². The number of carbonyl (C=O) groups excluding carboxylic acids is 3. The van der Waals surface area contributed by atoms with E-state index in [1.165, 1.54) is 17.0 Å². The third-order valence-electron chi connectivity index (χ3n) is 4.70. The van der Waals surface area contributed by atoms with Crippen molar-refractivity contribution in [3.63, 3.8) is 0 Å². The first-order valence-corrected chi connectivity index (χ1v) is 11.4. The first-order valence-electron chi connectivity index (χ1n) is 11.4. The quantitative estimate of drug-likeness (QED) is 0.444. The molecule has 0 heterocycles. The standard InChI is InChI=1S/C24H39N3O5/c1-7-9-10-15-25-21(29)20(18-11-13-19(28)14-12-18)27(16-8-2)22(30)17(3)26-23(31)32-24(4,5)6/h11-14,17,20,28H,7-10,15-16H2,1-6H3,(H,25,29)(H,26,31). The molecule has 0 aliphatic heterocycles. The zero-order valence-corrected chi connectivity index (χ0v) is 20.2. The number of carbonyl (C=O) groups is 3. The minimum Gasteiger partial charge on any atom is -0.508 e. The van der Waals surface area contributed by atoms with E-state index >= 15 is 0 Å². The van der Waals surface area contributed by atoms with Gasteiger partial charge in [-0.2, -0.15) is 0 Å². The van der Waals surface area contributed by atoms with Gasteiger partial charge in [0.1, 0.15) is 23.4 Å². The number of unbranched alkanes of at least 4 members (excludes halogenated alkanes) is 2. The second-order valence-electron chi connectivity index (χ2n) is 8.89. The highest BCUT2D eigenvalue weighted by atomic mass is 16.6. The number of aromatic hydroxyl groups is 1. The van der Waals surface area contributed by atoms with E-state index in [9.17, 15) is 19.5 Å². The normalized spacial score (nSPS) is 13.1. The highest BCUT2D eigenvalue weighted by molar-refractivity contribution is 5.92. The summed E-state index contributed by atoms with van der Waals surface area (Å²) in [6, 6.07) is 4.48. The molecule has 3 amide bonds. The Labute approximate surface area is 191 Å². The van der Waals surface area contributed by atoms with Crippen molar-refractivity contribution in [2.75, 3.05) is 13.1 Å². The van der Waals surface area contributed by atoms with Gasteiger partial charge in [-0.1, -0.05) is 38.8 Å². The van der Waals surface area contributed by atoms with Crippen molar-refractivity contribution >= 4 is 17.9 Å². The van der Waals surface area contributed by atoms with E-state index in [-0.39, 0.29) is 17.6 Å². The van der Waals surface area contributed by atoms with Crippen LogP contribution >= 0.6 is 0 Å². The summed E-state index contributed by atoms with van der Waals surface area (Å²) < 4.78 is 5.25. The van der Waals surface area contributed by atoms with Crippen LogP contribution in [0.4, 0.5) is 4.79 Å². The average molecular weight is 450 g/mol. The topological polar surface area (TPSA) is 108 Å². The lowest BCUT2D eigenvalue weighted by molar-refractivity contribution is -0.142. The Morgan fingerprint density at radius 2 is 1.69 bits per heavy atom. The molecule has 1 rings (SSSR count). The summed E-state index contributed by atoms with van der Waals surface area (Å²) in [4.78, 5) is 40.1. The number of phenolic OH excluding ortho intramolecular Hbond substituents is 1. The number of hydrogen-bond donors (Lipinski definition) is 3. The van der Waals surface area contributed by atoms with Crippen LogP contribution in [0.5, 0.6) is 5.75 Å². The molecule has 0 spiro atoms. The Bertz CT molecular complexity index is 743. The van der Waals surface area contributed by atoms with Gasteiger partial charge in [0.25, 0.3) is 0 Å². The van der Waals surface area contributed by atoms with Crippen LogP contribution in [0.25, 0.3) is 0 Å². The summed E-state index contributed by atoms with van der Waals surface area (Å²) in [7, 11) is 0.